The van der Waals surface area contributed by atoms with E-state index in [1.807, 2.05) is 79.8 Å². The monoisotopic (exact) mass is 411 g/mol. The Labute approximate surface area is 175 Å². The number of benzene rings is 3. The van der Waals surface area contributed by atoms with Crippen LogP contribution in [0.15, 0.2) is 77.7 Å². The zero-order valence-electron chi connectivity index (χ0n) is 15.9. The lowest BCUT2D eigenvalue weighted by atomic mass is 10.1. The van der Waals surface area contributed by atoms with Crippen LogP contribution in [-0.2, 0) is 12.3 Å². The van der Waals surface area contributed by atoms with E-state index in [-0.39, 0.29) is 5.91 Å². The number of halogens is 1. The molecular formula is C23H22ClNO2S. The second-order valence-electron chi connectivity index (χ2n) is 6.42. The molecule has 3 aromatic carbocycles. The second kappa shape index (κ2) is 9.67. The average molecular weight is 412 g/mol. The standard InChI is InChI=1S/C23H22ClNO2S/c1-25(15-17-6-4-3-5-7-17)23(26)18-8-13-22(27-2)19(14-18)16-28-21-11-9-20(24)10-12-21/h3-14H,15-16H2,1-2H3. The van der Waals surface area contributed by atoms with Crippen LogP contribution < -0.4 is 4.74 Å². The lowest BCUT2D eigenvalue weighted by molar-refractivity contribution is 0.0785. The van der Waals surface area contributed by atoms with Crippen molar-refractivity contribution in [3.8, 4) is 5.75 Å². The van der Waals surface area contributed by atoms with Gasteiger partial charge < -0.3 is 9.64 Å². The lowest BCUT2D eigenvalue weighted by Gasteiger charge is -2.18. The minimum absolute atomic E-state index is 0.00995. The van der Waals surface area contributed by atoms with Crippen molar-refractivity contribution in [1.29, 1.82) is 0 Å². The summed E-state index contributed by atoms with van der Waals surface area (Å²) in [5.74, 6) is 1.47. The van der Waals surface area contributed by atoms with Gasteiger partial charge >= 0.3 is 0 Å². The van der Waals surface area contributed by atoms with Gasteiger partial charge in [-0.15, -0.1) is 11.8 Å². The summed E-state index contributed by atoms with van der Waals surface area (Å²) < 4.78 is 5.48. The Hall–Kier alpha value is -2.43. The Morgan fingerprint density at radius 2 is 1.75 bits per heavy atom. The fraction of sp³-hybridized carbons (Fsp3) is 0.174. The molecule has 0 bridgehead atoms. The van der Waals surface area contributed by atoms with Crippen LogP contribution >= 0.6 is 23.4 Å². The van der Waals surface area contributed by atoms with E-state index in [2.05, 4.69) is 0 Å². The van der Waals surface area contributed by atoms with Crippen LogP contribution in [0.5, 0.6) is 5.75 Å². The van der Waals surface area contributed by atoms with E-state index in [9.17, 15) is 4.79 Å². The molecule has 0 aromatic heterocycles. The van der Waals surface area contributed by atoms with Crippen LogP contribution in [0.2, 0.25) is 5.02 Å². The summed E-state index contributed by atoms with van der Waals surface area (Å²) in [6.45, 7) is 0.570. The molecule has 0 unspecified atom stereocenters. The Morgan fingerprint density at radius 1 is 1.04 bits per heavy atom. The summed E-state index contributed by atoms with van der Waals surface area (Å²) in [5.41, 5.74) is 2.75. The maximum Gasteiger partial charge on any atom is 0.253 e. The van der Waals surface area contributed by atoms with E-state index in [0.29, 0.717) is 17.9 Å². The third kappa shape index (κ3) is 5.31. The maximum absolute atomic E-state index is 12.9. The maximum atomic E-state index is 12.9. The first-order valence-corrected chi connectivity index (χ1v) is 10.3. The fourth-order valence-electron chi connectivity index (χ4n) is 2.87. The fourth-order valence-corrected chi connectivity index (χ4v) is 3.87. The summed E-state index contributed by atoms with van der Waals surface area (Å²) in [6, 6.07) is 23.3. The molecule has 3 rings (SSSR count). The smallest absolute Gasteiger partial charge is 0.253 e. The highest BCUT2D eigenvalue weighted by molar-refractivity contribution is 7.98. The van der Waals surface area contributed by atoms with E-state index < -0.39 is 0 Å². The molecule has 0 aliphatic rings. The summed E-state index contributed by atoms with van der Waals surface area (Å²) in [6.07, 6.45) is 0. The van der Waals surface area contributed by atoms with Crippen molar-refractivity contribution in [2.24, 2.45) is 0 Å². The molecule has 1 amide bonds. The molecule has 0 aliphatic heterocycles. The Kier molecular flexibility index (Phi) is 7.01. The van der Waals surface area contributed by atoms with Gasteiger partial charge in [0.15, 0.2) is 0 Å². The Bertz CT molecular complexity index is 929. The first-order valence-electron chi connectivity index (χ1n) is 8.91. The molecule has 28 heavy (non-hydrogen) atoms. The number of rotatable bonds is 7. The van der Waals surface area contributed by atoms with Crippen LogP contribution in [0.25, 0.3) is 0 Å². The van der Waals surface area contributed by atoms with E-state index in [0.717, 1.165) is 26.8 Å². The third-order valence-electron chi connectivity index (χ3n) is 4.34. The molecule has 0 N–H and O–H groups in total. The first-order chi connectivity index (χ1) is 13.6. The van der Waals surface area contributed by atoms with E-state index in [1.165, 1.54) is 0 Å². The molecule has 144 valence electrons. The third-order valence-corrected chi connectivity index (χ3v) is 5.66. The van der Waals surface area contributed by atoms with Crippen LogP contribution in [0.1, 0.15) is 21.5 Å². The minimum atomic E-state index is -0.00995. The van der Waals surface area contributed by atoms with Crippen LogP contribution in [0, 0.1) is 0 Å². The highest BCUT2D eigenvalue weighted by atomic mass is 35.5. The van der Waals surface area contributed by atoms with Gasteiger partial charge in [0.05, 0.1) is 7.11 Å². The number of nitrogens with zero attached hydrogens (tertiary/aromatic N) is 1. The van der Waals surface area contributed by atoms with Gasteiger partial charge in [0.1, 0.15) is 5.75 Å². The SMILES string of the molecule is COc1ccc(C(=O)N(C)Cc2ccccc2)cc1CSc1ccc(Cl)cc1. The predicted octanol–water partition coefficient (Wildman–Crippen LogP) is 5.91. The van der Waals surface area contributed by atoms with Gasteiger partial charge in [-0.1, -0.05) is 41.9 Å². The number of hydrogen-bond acceptors (Lipinski definition) is 3. The Morgan fingerprint density at radius 3 is 2.43 bits per heavy atom. The summed E-state index contributed by atoms with van der Waals surface area (Å²) in [4.78, 5) is 15.7. The summed E-state index contributed by atoms with van der Waals surface area (Å²) in [7, 11) is 3.47. The first kappa shape index (κ1) is 20.3. The molecule has 0 heterocycles. The highest BCUT2D eigenvalue weighted by Crippen LogP contribution is 2.30. The van der Waals surface area contributed by atoms with Crippen molar-refractivity contribution in [3.63, 3.8) is 0 Å². The van der Waals surface area contributed by atoms with Gasteiger partial charge in [-0.25, -0.2) is 0 Å². The number of ether oxygens (including phenoxy) is 1. The van der Waals surface area contributed by atoms with Gasteiger partial charge in [0.25, 0.3) is 5.91 Å². The molecule has 0 fully saturated rings. The van der Waals surface area contributed by atoms with Crippen LogP contribution in [-0.4, -0.2) is 25.0 Å². The average Bonchev–Trinajstić information content (AvgIpc) is 2.73. The zero-order valence-corrected chi connectivity index (χ0v) is 17.5. The summed E-state index contributed by atoms with van der Waals surface area (Å²) in [5, 5.41) is 0.718. The quantitative estimate of drug-likeness (QED) is 0.452. The van der Waals surface area contributed by atoms with Crippen molar-refractivity contribution in [1.82, 2.24) is 4.90 Å². The van der Waals surface area contributed by atoms with Crippen molar-refractivity contribution in [2.75, 3.05) is 14.2 Å². The van der Waals surface area contributed by atoms with Gasteiger partial charge in [0.2, 0.25) is 0 Å². The number of carbonyl (C=O) groups is 1. The second-order valence-corrected chi connectivity index (χ2v) is 7.90. The molecule has 0 saturated heterocycles. The molecule has 0 radical (unpaired) electrons. The molecule has 0 aliphatic carbocycles. The van der Waals surface area contributed by atoms with E-state index in [1.54, 1.807) is 23.8 Å². The number of carbonyl (C=O) groups excluding carboxylic acids is 1. The molecule has 0 atom stereocenters. The predicted molar refractivity (Wildman–Crippen MR) is 116 cm³/mol. The van der Waals surface area contributed by atoms with Crippen molar-refractivity contribution in [3.05, 3.63) is 94.5 Å². The van der Waals surface area contributed by atoms with Crippen LogP contribution in [0.3, 0.4) is 0 Å². The van der Waals surface area contributed by atoms with E-state index >= 15 is 0 Å². The highest BCUT2D eigenvalue weighted by Gasteiger charge is 2.15. The van der Waals surface area contributed by atoms with Gasteiger partial charge in [0, 0.05) is 40.4 Å². The van der Waals surface area contributed by atoms with Crippen molar-refractivity contribution >= 4 is 29.3 Å². The largest absolute Gasteiger partial charge is 0.496 e. The molecule has 0 saturated carbocycles. The Balaban J connectivity index is 1.73. The van der Waals surface area contributed by atoms with Crippen molar-refractivity contribution < 1.29 is 9.53 Å². The summed E-state index contributed by atoms with van der Waals surface area (Å²) >= 11 is 7.63. The molecule has 3 nitrogen and oxygen atoms in total. The lowest BCUT2D eigenvalue weighted by Crippen LogP contribution is -2.26. The van der Waals surface area contributed by atoms with Crippen LogP contribution in [0.4, 0.5) is 0 Å². The topological polar surface area (TPSA) is 29.5 Å². The number of amides is 1. The molecule has 0 spiro atoms. The number of thioether (sulfide) groups is 1. The van der Waals surface area contributed by atoms with Gasteiger partial charge in [-0.3, -0.25) is 4.79 Å². The van der Waals surface area contributed by atoms with Gasteiger partial charge in [-0.05, 0) is 48.0 Å². The normalized spacial score (nSPS) is 10.5. The van der Waals surface area contributed by atoms with Gasteiger partial charge in [-0.2, -0.15) is 0 Å². The number of methoxy groups -OCH3 is 1. The number of hydrogen-bond donors (Lipinski definition) is 0. The molecule has 3 aromatic rings. The van der Waals surface area contributed by atoms with E-state index in [4.69, 9.17) is 16.3 Å². The molecule has 5 heteroatoms. The zero-order chi connectivity index (χ0) is 19.9. The van der Waals surface area contributed by atoms with Crippen molar-refractivity contribution in [2.45, 2.75) is 17.2 Å². The molecular weight excluding hydrogens is 390 g/mol. The minimum Gasteiger partial charge on any atom is -0.496 e.